The van der Waals surface area contributed by atoms with E-state index in [9.17, 15) is 4.79 Å². The molecule has 0 radical (unpaired) electrons. The second-order valence-electron chi connectivity index (χ2n) is 6.03. The number of hydrogen-bond donors (Lipinski definition) is 2. The van der Waals surface area contributed by atoms with Gasteiger partial charge in [0.05, 0.1) is 0 Å². The summed E-state index contributed by atoms with van der Waals surface area (Å²) >= 11 is 0. The Morgan fingerprint density at radius 2 is 2.09 bits per heavy atom. The zero-order valence-electron chi connectivity index (χ0n) is 13.9. The van der Waals surface area contributed by atoms with Crippen LogP contribution >= 0.6 is 0 Å². The quantitative estimate of drug-likeness (QED) is 0.776. The lowest BCUT2D eigenvalue weighted by Gasteiger charge is -2.22. The van der Waals surface area contributed by atoms with Gasteiger partial charge in [-0.3, -0.25) is 4.79 Å². The van der Waals surface area contributed by atoms with Crippen LogP contribution in [0.3, 0.4) is 0 Å². The van der Waals surface area contributed by atoms with Crippen LogP contribution in [0.2, 0.25) is 0 Å². The van der Waals surface area contributed by atoms with Gasteiger partial charge >= 0.3 is 0 Å². The molecule has 1 heterocycles. The van der Waals surface area contributed by atoms with Crippen molar-refractivity contribution in [1.82, 2.24) is 10.6 Å². The van der Waals surface area contributed by atoms with Gasteiger partial charge in [0.25, 0.3) is 5.91 Å². The molecule has 0 saturated carbocycles. The summed E-state index contributed by atoms with van der Waals surface area (Å²) in [7, 11) is 0. The number of rotatable bonds is 8. The van der Waals surface area contributed by atoms with Gasteiger partial charge in [0, 0.05) is 30.9 Å². The molecule has 0 aliphatic carbocycles. The first-order chi connectivity index (χ1) is 10.7. The van der Waals surface area contributed by atoms with E-state index in [1.54, 1.807) is 0 Å². The Balaban J connectivity index is 1.82. The molecule has 122 valence electrons. The third-order valence-corrected chi connectivity index (χ3v) is 4.37. The van der Waals surface area contributed by atoms with Crippen molar-refractivity contribution in [2.24, 2.45) is 5.92 Å². The summed E-state index contributed by atoms with van der Waals surface area (Å²) in [6, 6.07) is 7.96. The standard InChI is InChI=1S/C18H29N3O/c1-3-13-21(4-2)17-7-5-16(6-8-17)18(22)20-12-10-15-9-11-19-14-15/h5-8,15,19H,3-4,9-14H2,1-2H3,(H,20,22). The van der Waals surface area contributed by atoms with E-state index in [1.165, 1.54) is 12.1 Å². The van der Waals surface area contributed by atoms with Crippen molar-refractivity contribution in [3.63, 3.8) is 0 Å². The number of hydrogen-bond acceptors (Lipinski definition) is 3. The summed E-state index contributed by atoms with van der Waals surface area (Å²) in [5.41, 5.74) is 1.94. The SMILES string of the molecule is CCCN(CC)c1ccc(C(=O)NCCC2CCNC2)cc1. The second kappa shape index (κ2) is 8.79. The summed E-state index contributed by atoms with van der Waals surface area (Å²) in [6.07, 6.45) is 3.43. The van der Waals surface area contributed by atoms with E-state index in [2.05, 4.69) is 41.5 Å². The summed E-state index contributed by atoms with van der Waals surface area (Å²) in [5, 5.41) is 6.39. The molecule has 1 unspecified atom stereocenters. The monoisotopic (exact) mass is 303 g/mol. The number of anilines is 1. The van der Waals surface area contributed by atoms with Gasteiger partial charge in [-0.05, 0) is 69.5 Å². The molecular formula is C18H29N3O. The Hall–Kier alpha value is -1.55. The summed E-state index contributed by atoms with van der Waals surface area (Å²) in [4.78, 5) is 14.5. The van der Waals surface area contributed by atoms with Crippen LogP contribution in [0, 0.1) is 5.92 Å². The number of nitrogens with zero attached hydrogens (tertiary/aromatic N) is 1. The molecule has 0 aromatic heterocycles. The molecule has 1 aliphatic heterocycles. The fourth-order valence-corrected chi connectivity index (χ4v) is 3.02. The molecule has 22 heavy (non-hydrogen) atoms. The van der Waals surface area contributed by atoms with Crippen LogP contribution in [0.4, 0.5) is 5.69 Å². The number of carbonyl (C=O) groups excluding carboxylic acids is 1. The minimum absolute atomic E-state index is 0.0380. The molecule has 1 aromatic carbocycles. The van der Waals surface area contributed by atoms with Crippen LogP contribution in [0.5, 0.6) is 0 Å². The molecule has 0 bridgehead atoms. The first-order valence-corrected chi connectivity index (χ1v) is 8.58. The Kier molecular flexibility index (Phi) is 6.72. The Morgan fingerprint density at radius 1 is 1.32 bits per heavy atom. The highest BCUT2D eigenvalue weighted by atomic mass is 16.1. The van der Waals surface area contributed by atoms with Crippen molar-refractivity contribution >= 4 is 11.6 Å². The van der Waals surface area contributed by atoms with Gasteiger partial charge in [0.15, 0.2) is 0 Å². The number of carbonyl (C=O) groups is 1. The normalized spacial score (nSPS) is 17.5. The maximum absolute atomic E-state index is 12.2. The van der Waals surface area contributed by atoms with E-state index < -0.39 is 0 Å². The minimum Gasteiger partial charge on any atom is -0.372 e. The topological polar surface area (TPSA) is 44.4 Å². The maximum Gasteiger partial charge on any atom is 0.251 e. The highest BCUT2D eigenvalue weighted by molar-refractivity contribution is 5.94. The molecule has 0 spiro atoms. The first kappa shape index (κ1) is 16.8. The Labute approximate surface area is 134 Å². The highest BCUT2D eigenvalue weighted by Gasteiger charge is 2.14. The molecule has 1 aromatic rings. The average molecular weight is 303 g/mol. The van der Waals surface area contributed by atoms with E-state index in [-0.39, 0.29) is 5.91 Å². The van der Waals surface area contributed by atoms with Crippen molar-refractivity contribution in [3.05, 3.63) is 29.8 Å². The van der Waals surface area contributed by atoms with E-state index in [0.717, 1.165) is 57.0 Å². The van der Waals surface area contributed by atoms with Crippen LogP contribution < -0.4 is 15.5 Å². The van der Waals surface area contributed by atoms with Gasteiger partial charge in [-0.2, -0.15) is 0 Å². The van der Waals surface area contributed by atoms with Gasteiger partial charge in [-0.1, -0.05) is 6.92 Å². The van der Waals surface area contributed by atoms with E-state index >= 15 is 0 Å². The first-order valence-electron chi connectivity index (χ1n) is 8.58. The number of benzene rings is 1. The molecule has 1 aliphatic rings. The summed E-state index contributed by atoms with van der Waals surface area (Å²) < 4.78 is 0. The Bertz CT molecular complexity index is 452. The molecular weight excluding hydrogens is 274 g/mol. The third kappa shape index (κ3) is 4.73. The number of amides is 1. The zero-order valence-corrected chi connectivity index (χ0v) is 13.9. The zero-order chi connectivity index (χ0) is 15.8. The lowest BCUT2D eigenvalue weighted by molar-refractivity contribution is 0.0951. The van der Waals surface area contributed by atoms with Gasteiger partial charge in [-0.15, -0.1) is 0 Å². The van der Waals surface area contributed by atoms with Gasteiger partial charge in [-0.25, -0.2) is 0 Å². The number of nitrogens with one attached hydrogen (secondary N) is 2. The highest BCUT2D eigenvalue weighted by Crippen LogP contribution is 2.16. The Morgan fingerprint density at radius 3 is 2.68 bits per heavy atom. The maximum atomic E-state index is 12.2. The van der Waals surface area contributed by atoms with Crippen molar-refractivity contribution in [1.29, 1.82) is 0 Å². The van der Waals surface area contributed by atoms with Crippen LogP contribution in [0.25, 0.3) is 0 Å². The van der Waals surface area contributed by atoms with Crippen LogP contribution in [-0.2, 0) is 0 Å². The van der Waals surface area contributed by atoms with Crippen molar-refractivity contribution in [2.75, 3.05) is 37.6 Å². The van der Waals surface area contributed by atoms with Crippen LogP contribution in [0.15, 0.2) is 24.3 Å². The molecule has 2 N–H and O–H groups in total. The van der Waals surface area contributed by atoms with E-state index in [0.29, 0.717) is 0 Å². The van der Waals surface area contributed by atoms with Gasteiger partial charge in [0.1, 0.15) is 0 Å². The lowest BCUT2D eigenvalue weighted by atomic mass is 10.1. The predicted octanol–water partition coefficient (Wildman–Crippen LogP) is 2.65. The molecule has 4 heteroatoms. The average Bonchev–Trinajstić information content (AvgIpc) is 3.06. The second-order valence-corrected chi connectivity index (χ2v) is 6.03. The van der Waals surface area contributed by atoms with Crippen molar-refractivity contribution < 1.29 is 4.79 Å². The van der Waals surface area contributed by atoms with Crippen molar-refractivity contribution in [3.8, 4) is 0 Å². The fourth-order valence-electron chi connectivity index (χ4n) is 3.02. The molecule has 1 fully saturated rings. The fraction of sp³-hybridized carbons (Fsp3) is 0.611. The molecule has 1 saturated heterocycles. The summed E-state index contributed by atoms with van der Waals surface area (Å²) in [6.45, 7) is 9.37. The largest absolute Gasteiger partial charge is 0.372 e. The minimum atomic E-state index is 0.0380. The molecule has 4 nitrogen and oxygen atoms in total. The molecule has 1 atom stereocenters. The van der Waals surface area contributed by atoms with E-state index in [4.69, 9.17) is 0 Å². The molecule has 1 amide bonds. The third-order valence-electron chi connectivity index (χ3n) is 4.37. The summed E-state index contributed by atoms with van der Waals surface area (Å²) in [5.74, 6) is 0.755. The van der Waals surface area contributed by atoms with E-state index in [1.807, 2.05) is 12.1 Å². The van der Waals surface area contributed by atoms with Gasteiger partial charge < -0.3 is 15.5 Å². The smallest absolute Gasteiger partial charge is 0.251 e. The van der Waals surface area contributed by atoms with Crippen LogP contribution in [-0.4, -0.2) is 38.6 Å². The van der Waals surface area contributed by atoms with Gasteiger partial charge in [0.2, 0.25) is 0 Å². The molecule has 2 rings (SSSR count). The predicted molar refractivity (Wildman–Crippen MR) is 92.5 cm³/mol. The van der Waals surface area contributed by atoms with Crippen molar-refractivity contribution in [2.45, 2.75) is 33.1 Å². The van der Waals surface area contributed by atoms with Crippen LogP contribution in [0.1, 0.15) is 43.5 Å². The lowest BCUT2D eigenvalue weighted by Crippen LogP contribution is -2.27.